The largest absolute Gasteiger partial charge is 0.506 e. The first-order valence-electron chi connectivity index (χ1n) is 5.75. The molecule has 0 spiro atoms. The van der Waals surface area contributed by atoms with Gasteiger partial charge in [-0.15, -0.1) is 0 Å². The number of amides is 1. The van der Waals surface area contributed by atoms with Gasteiger partial charge in [-0.3, -0.25) is 9.78 Å². The highest BCUT2D eigenvalue weighted by Gasteiger charge is 2.08. The van der Waals surface area contributed by atoms with E-state index in [0.717, 1.165) is 11.3 Å². The Bertz CT molecular complexity index is 614. The van der Waals surface area contributed by atoms with E-state index < -0.39 is 0 Å². The van der Waals surface area contributed by atoms with Crippen LogP contribution in [0.4, 0.5) is 5.69 Å². The predicted molar refractivity (Wildman–Crippen MR) is 74.4 cm³/mol. The Kier molecular flexibility index (Phi) is 4.02. The summed E-state index contributed by atoms with van der Waals surface area (Å²) in [6.45, 7) is 1.91. The third kappa shape index (κ3) is 3.45. The van der Waals surface area contributed by atoms with Crippen molar-refractivity contribution >= 4 is 23.2 Å². The molecular formula is C14H13ClN2O2. The number of hydrogen-bond donors (Lipinski definition) is 2. The Hall–Kier alpha value is -2.07. The molecule has 0 saturated carbocycles. The van der Waals surface area contributed by atoms with E-state index in [-0.39, 0.29) is 23.1 Å². The van der Waals surface area contributed by atoms with Crippen molar-refractivity contribution in [3.05, 3.63) is 52.8 Å². The standard InChI is InChI=1S/C14H13ClN2O2/c1-9-3-2-6-16-12(9)8-14(19)17-10-4-5-13(18)11(15)7-10/h2-7,18H,8H2,1H3,(H,17,19). The van der Waals surface area contributed by atoms with Gasteiger partial charge in [-0.1, -0.05) is 17.7 Å². The van der Waals surface area contributed by atoms with E-state index in [9.17, 15) is 9.90 Å². The van der Waals surface area contributed by atoms with Gasteiger partial charge >= 0.3 is 0 Å². The minimum Gasteiger partial charge on any atom is -0.506 e. The maximum atomic E-state index is 11.9. The summed E-state index contributed by atoms with van der Waals surface area (Å²) in [7, 11) is 0. The van der Waals surface area contributed by atoms with Gasteiger partial charge in [-0.25, -0.2) is 0 Å². The fourth-order valence-electron chi connectivity index (χ4n) is 1.65. The molecule has 0 aliphatic heterocycles. The van der Waals surface area contributed by atoms with Crippen molar-refractivity contribution in [2.45, 2.75) is 13.3 Å². The number of phenols is 1. The molecule has 98 valence electrons. The monoisotopic (exact) mass is 276 g/mol. The fourth-order valence-corrected chi connectivity index (χ4v) is 1.83. The zero-order valence-electron chi connectivity index (χ0n) is 10.4. The number of carbonyl (C=O) groups excluding carboxylic acids is 1. The summed E-state index contributed by atoms with van der Waals surface area (Å²) in [6.07, 6.45) is 1.86. The topological polar surface area (TPSA) is 62.2 Å². The highest BCUT2D eigenvalue weighted by atomic mass is 35.5. The Labute approximate surface area is 116 Å². The van der Waals surface area contributed by atoms with Crippen LogP contribution in [0.5, 0.6) is 5.75 Å². The van der Waals surface area contributed by atoms with Gasteiger partial charge in [0.05, 0.1) is 17.1 Å². The quantitative estimate of drug-likeness (QED) is 0.847. The molecule has 4 nitrogen and oxygen atoms in total. The summed E-state index contributed by atoms with van der Waals surface area (Å²) in [5, 5.41) is 12.2. The van der Waals surface area contributed by atoms with Crippen LogP contribution in [0.25, 0.3) is 0 Å². The minimum atomic E-state index is -0.177. The predicted octanol–water partition coefficient (Wildman–Crippen LogP) is 2.93. The van der Waals surface area contributed by atoms with Gasteiger partial charge in [0.1, 0.15) is 5.75 Å². The first-order valence-corrected chi connectivity index (χ1v) is 6.13. The number of carbonyl (C=O) groups is 1. The molecule has 0 aliphatic rings. The lowest BCUT2D eigenvalue weighted by Gasteiger charge is -2.07. The molecule has 0 fully saturated rings. The van der Waals surface area contributed by atoms with Crippen LogP contribution in [0, 0.1) is 6.92 Å². The highest BCUT2D eigenvalue weighted by Crippen LogP contribution is 2.26. The van der Waals surface area contributed by atoms with Gasteiger partial charge in [0, 0.05) is 11.9 Å². The fraction of sp³-hybridized carbons (Fsp3) is 0.143. The Morgan fingerprint density at radius 1 is 1.42 bits per heavy atom. The van der Waals surface area contributed by atoms with Gasteiger partial charge in [0.15, 0.2) is 0 Å². The van der Waals surface area contributed by atoms with E-state index in [1.165, 1.54) is 12.1 Å². The second kappa shape index (κ2) is 5.71. The van der Waals surface area contributed by atoms with E-state index in [1.54, 1.807) is 12.3 Å². The van der Waals surface area contributed by atoms with Gasteiger partial charge in [-0.05, 0) is 36.8 Å². The normalized spacial score (nSPS) is 10.2. The second-order valence-electron chi connectivity index (χ2n) is 4.16. The van der Waals surface area contributed by atoms with Gasteiger partial charge in [0.2, 0.25) is 5.91 Å². The molecule has 0 aliphatic carbocycles. The average Bonchev–Trinajstić information content (AvgIpc) is 2.37. The number of aryl methyl sites for hydroxylation is 1. The van der Waals surface area contributed by atoms with Crippen LogP contribution >= 0.6 is 11.6 Å². The summed E-state index contributed by atoms with van der Waals surface area (Å²) < 4.78 is 0. The van der Waals surface area contributed by atoms with Crippen molar-refractivity contribution in [3.8, 4) is 5.75 Å². The third-order valence-electron chi connectivity index (χ3n) is 2.68. The average molecular weight is 277 g/mol. The number of phenolic OH excluding ortho intramolecular Hbond substituents is 1. The van der Waals surface area contributed by atoms with Crippen molar-refractivity contribution < 1.29 is 9.90 Å². The molecule has 2 aromatic rings. The van der Waals surface area contributed by atoms with Crippen LogP contribution in [0.3, 0.4) is 0 Å². The van der Waals surface area contributed by atoms with E-state index in [4.69, 9.17) is 11.6 Å². The van der Waals surface area contributed by atoms with Crippen LogP contribution < -0.4 is 5.32 Å². The van der Waals surface area contributed by atoms with Crippen molar-refractivity contribution in [1.82, 2.24) is 4.98 Å². The maximum absolute atomic E-state index is 11.9. The van der Waals surface area contributed by atoms with Crippen molar-refractivity contribution in [2.24, 2.45) is 0 Å². The van der Waals surface area contributed by atoms with Gasteiger partial charge < -0.3 is 10.4 Å². The van der Waals surface area contributed by atoms with Crippen LogP contribution in [0.1, 0.15) is 11.3 Å². The Morgan fingerprint density at radius 3 is 2.89 bits per heavy atom. The van der Waals surface area contributed by atoms with E-state index in [1.807, 2.05) is 19.1 Å². The molecule has 1 aromatic carbocycles. The summed E-state index contributed by atoms with van der Waals surface area (Å²) >= 11 is 5.77. The Balaban J connectivity index is 2.05. The van der Waals surface area contributed by atoms with E-state index in [0.29, 0.717) is 5.69 Å². The van der Waals surface area contributed by atoms with Crippen LogP contribution in [-0.4, -0.2) is 16.0 Å². The zero-order valence-corrected chi connectivity index (χ0v) is 11.1. The number of aromatic hydroxyl groups is 1. The number of pyridine rings is 1. The second-order valence-corrected chi connectivity index (χ2v) is 4.57. The number of anilines is 1. The molecule has 5 heteroatoms. The SMILES string of the molecule is Cc1cccnc1CC(=O)Nc1ccc(O)c(Cl)c1. The number of aromatic nitrogens is 1. The number of halogens is 1. The molecule has 0 unspecified atom stereocenters. The molecular weight excluding hydrogens is 264 g/mol. The van der Waals surface area contributed by atoms with Gasteiger partial charge in [-0.2, -0.15) is 0 Å². The first kappa shape index (κ1) is 13.4. The summed E-state index contributed by atoms with van der Waals surface area (Å²) in [5.41, 5.74) is 2.26. The number of benzene rings is 1. The van der Waals surface area contributed by atoms with E-state index in [2.05, 4.69) is 10.3 Å². The van der Waals surface area contributed by atoms with Crippen LogP contribution in [0.2, 0.25) is 5.02 Å². The molecule has 2 rings (SSSR count). The van der Waals surface area contributed by atoms with Crippen molar-refractivity contribution in [1.29, 1.82) is 0 Å². The molecule has 0 saturated heterocycles. The molecule has 0 bridgehead atoms. The first-order chi connectivity index (χ1) is 9.06. The van der Waals surface area contributed by atoms with Crippen molar-refractivity contribution in [2.75, 3.05) is 5.32 Å². The lowest BCUT2D eigenvalue weighted by atomic mass is 10.1. The Morgan fingerprint density at radius 2 is 2.21 bits per heavy atom. The molecule has 1 heterocycles. The smallest absolute Gasteiger partial charge is 0.230 e. The lowest BCUT2D eigenvalue weighted by molar-refractivity contribution is -0.115. The molecule has 0 atom stereocenters. The highest BCUT2D eigenvalue weighted by molar-refractivity contribution is 6.32. The summed E-state index contributed by atoms with van der Waals surface area (Å²) in [4.78, 5) is 16.0. The molecule has 1 aromatic heterocycles. The van der Waals surface area contributed by atoms with Crippen molar-refractivity contribution in [3.63, 3.8) is 0 Å². The third-order valence-corrected chi connectivity index (χ3v) is 2.98. The van der Waals surface area contributed by atoms with Crippen LogP contribution in [-0.2, 0) is 11.2 Å². The number of rotatable bonds is 3. The lowest BCUT2D eigenvalue weighted by Crippen LogP contribution is -2.15. The number of nitrogens with one attached hydrogen (secondary N) is 1. The van der Waals surface area contributed by atoms with Crippen LogP contribution in [0.15, 0.2) is 36.5 Å². The summed E-state index contributed by atoms with van der Waals surface area (Å²) in [5.74, 6) is -0.191. The maximum Gasteiger partial charge on any atom is 0.230 e. The molecule has 1 amide bonds. The number of hydrogen-bond acceptors (Lipinski definition) is 3. The molecule has 2 N–H and O–H groups in total. The van der Waals surface area contributed by atoms with Gasteiger partial charge in [0.25, 0.3) is 0 Å². The molecule has 19 heavy (non-hydrogen) atoms. The minimum absolute atomic E-state index is 0.0137. The molecule has 0 radical (unpaired) electrons. The number of nitrogens with zero attached hydrogens (tertiary/aromatic N) is 1. The zero-order chi connectivity index (χ0) is 13.8. The van der Waals surface area contributed by atoms with E-state index >= 15 is 0 Å². The summed E-state index contributed by atoms with van der Waals surface area (Å²) in [6, 6.07) is 8.26.